The molecule has 0 aliphatic heterocycles. The van der Waals surface area contributed by atoms with Crippen molar-refractivity contribution in [3.63, 3.8) is 0 Å². The van der Waals surface area contributed by atoms with E-state index < -0.39 is 11.2 Å². The van der Waals surface area contributed by atoms with E-state index in [1.54, 1.807) is 0 Å². The Morgan fingerprint density at radius 3 is 2.36 bits per heavy atom. The molecule has 1 aromatic rings. The highest BCUT2D eigenvalue weighted by Crippen LogP contribution is 2.13. The molecule has 0 fully saturated rings. The van der Waals surface area contributed by atoms with E-state index in [0.717, 1.165) is 9.79 Å². The fourth-order valence-corrected chi connectivity index (χ4v) is 1.69. The quantitative estimate of drug-likeness (QED) is 0.555. The van der Waals surface area contributed by atoms with Gasteiger partial charge in [0, 0.05) is 4.90 Å². The van der Waals surface area contributed by atoms with E-state index in [2.05, 4.69) is 12.6 Å². The zero-order chi connectivity index (χ0) is 8.27. The monoisotopic (exact) mass is 186 g/mol. The standard InChI is InChI=1S/C8H10OS2/c1-2-11(9)8-5-3-7(10)4-6-8/h3-6,10H,2H2,1H3. The minimum Gasteiger partial charge on any atom is -0.611 e. The van der Waals surface area contributed by atoms with E-state index in [-0.39, 0.29) is 0 Å². The fraction of sp³-hybridized carbons (Fsp3) is 0.250. The minimum atomic E-state index is -0.833. The van der Waals surface area contributed by atoms with Crippen LogP contribution in [-0.4, -0.2) is 10.3 Å². The Morgan fingerprint density at radius 2 is 1.91 bits per heavy atom. The SMILES string of the molecule is CC[S+]([O-])c1ccc(S)cc1. The number of hydrogen-bond acceptors (Lipinski definition) is 2. The third kappa shape index (κ3) is 2.43. The van der Waals surface area contributed by atoms with Crippen LogP contribution in [-0.2, 0) is 11.2 Å². The number of hydrogen-bond donors (Lipinski definition) is 1. The van der Waals surface area contributed by atoms with Gasteiger partial charge in [0.25, 0.3) is 0 Å². The van der Waals surface area contributed by atoms with Gasteiger partial charge < -0.3 is 4.55 Å². The highest BCUT2D eigenvalue weighted by Gasteiger charge is 2.05. The Kier molecular flexibility index (Phi) is 3.30. The zero-order valence-electron chi connectivity index (χ0n) is 6.28. The van der Waals surface area contributed by atoms with Gasteiger partial charge in [0.05, 0.1) is 0 Å². The zero-order valence-corrected chi connectivity index (χ0v) is 7.99. The Hall–Kier alpha value is -0.120. The molecule has 1 atom stereocenters. The molecule has 1 aromatic carbocycles. The molecule has 1 rings (SSSR count). The average molecular weight is 186 g/mol. The van der Waals surface area contributed by atoms with Gasteiger partial charge in [-0.15, -0.1) is 12.6 Å². The van der Waals surface area contributed by atoms with Crippen molar-refractivity contribution >= 4 is 23.8 Å². The first kappa shape index (κ1) is 8.97. The molecule has 0 saturated carbocycles. The maximum atomic E-state index is 11.2. The van der Waals surface area contributed by atoms with Crippen molar-refractivity contribution in [1.82, 2.24) is 0 Å². The van der Waals surface area contributed by atoms with Crippen LogP contribution >= 0.6 is 12.6 Å². The first-order chi connectivity index (χ1) is 5.24. The van der Waals surface area contributed by atoms with Crippen molar-refractivity contribution in [3.05, 3.63) is 24.3 Å². The van der Waals surface area contributed by atoms with Crippen molar-refractivity contribution in [2.75, 3.05) is 5.75 Å². The van der Waals surface area contributed by atoms with E-state index in [1.807, 2.05) is 31.2 Å². The summed E-state index contributed by atoms with van der Waals surface area (Å²) in [6.45, 7) is 1.91. The third-order valence-electron chi connectivity index (χ3n) is 1.36. The smallest absolute Gasteiger partial charge is 0.152 e. The Balaban J connectivity index is 2.81. The Bertz CT molecular complexity index is 220. The van der Waals surface area contributed by atoms with Crippen molar-refractivity contribution in [2.45, 2.75) is 16.7 Å². The van der Waals surface area contributed by atoms with E-state index in [0.29, 0.717) is 5.75 Å². The molecule has 1 unspecified atom stereocenters. The van der Waals surface area contributed by atoms with Gasteiger partial charge in [-0.1, -0.05) is 0 Å². The van der Waals surface area contributed by atoms with Crippen LogP contribution in [0.1, 0.15) is 6.92 Å². The maximum absolute atomic E-state index is 11.2. The summed E-state index contributed by atoms with van der Waals surface area (Å²) in [5.41, 5.74) is 0. The summed E-state index contributed by atoms with van der Waals surface area (Å²) >= 11 is 3.30. The van der Waals surface area contributed by atoms with Crippen LogP contribution in [0.15, 0.2) is 34.1 Å². The molecule has 3 heteroatoms. The summed E-state index contributed by atoms with van der Waals surface area (Å²) in [6, 6.07) is 7.40. The fourth-order valence-electron chi connectivity index (χ4n) is 0.765. The van der Waals surface area contributed by atoms with Crippen molar-refractivity contribution < 1.29 is 4.55 Å². The van der Waals surface area contributed by atoms with Gasteiger partial charge in [-0.05, 0) is 42.4 Å². The molecule has 0 saturated heterocycles. The molecule has 60 valence electrons. The molecule has 0 heterocycles. The highest BCUT2D eigenvalue weighted by molar-refractivity contribution is 7.91. The molecule has 0 spiro atoms. The van der Waals surface area contributed by atoms with Gasteiger partial charge in [0.15, 0.2) is 4.90 Å². The number of benzene rings is 1. The molecule has 1 nitrogen and oxygen atoms in total. The van der Waals surface area contributed by atoms with Gasteiger partial charge in [-0.2, -0.15) is 0 Å². The van der Waals surface area contributed by atoms with Crippen molar-refractivity contribution in [1.29, 1.82) is 0 Å². The van der Waals surface area contributed by atoms with Gasteiger partial charge >= 0.3 is 0 Å². The van der Waals surface area contributed by atoms with Gasteiger partial charge in [-0.3, -0.25) is 0 Å². The van der Waals surface area contributed by atoms with Crippen LogP contribution in [0.5, 0.6) is 0 Å². The molecule has 11 heavy (non-hydrogen) atoms. The topological polar surface area (TPSA) is 23.1 Å². The minimum absolute atomic E-state index is 0.673. The summed E-state index contributed by atoms with van der Waals surface area (Å²) in [7, 11) is 0. The molecule has 0 radical (unpaired) electrons. The van der Waals surface area contributed by atoms with Crippen LogP contribution < -0.4 is 0 Å². The van der Waals surface area contributed by atoms with E-state index >= 15 is 0 Å². The summed E-state index contributed by atoms with van der Waals surface area (Å²) in [4.78, 5) is 1.78. The lowest BCUT2D eigenvalue weighted by Gasteiger charge is -2.06. The Labute approximate surface area is 75.4 Å². The second-order valence-electron chi connectivity index (χ2n) is 2.13. The van der Waals surface area contributed by atoms with E-state index in [4.69, 9.17) is 0 Å². The number of thiol groups is 1. The molecule has 0 bridgehead atoms. The van der Waals surface area contributed by atoms with Crippen LogP contribution in [0.4, 0.5) is 0 Å². The summed E-state index contributed by atoms with van der Waals surface area (Å²) in [6.07, 6.45) is 0. The van der Waals surface area contributed by atoms with Gasteiger partial charge in [0.2, 0.25) is 0 Å². The average Bonchev–Trinajstić information content (AvgIpc) is 2.05. The van der Waals surface area contributed by atoms with E-state index in [1.165, 1.54) is 0 Å². The van der Waals surface area contributed by atoms with Crippen molar-refractivity contribution in [2.24, 2.45) is 0 Å². The first-order valence-electron chi connectivity index (χ1n) is 3.41. The van der Waals surface area contributed by atoms with E-state index in [9.17, 15) is 4.55 Å². The lowest BCUT2D eigenvalue weighted by Crippen LogP contribution is -2.02. The largest absolute Gasteiger partial charge is 0.611 e. The van der Waals surface area contributed by atoms with Crippen LogP contribution in [0.3, 0.4) is 0 Å². The predicted molar refractivity (Wildman–Crippen MR) is 50.6 cm³/mol. The third-order valence-corrected chi connectivity index (χ3v) is 2.98. The van der Waals surface area contributed by atoms with Gasteiger partial charge in [-0.25, -0.2) is 0 Å². The summed E-state index contributed by atoms with van der Waals surface area (Å²) in [5, 5.41) is 0. The summed E-state index contributed by atoms with van der Waals surface area (Å²) < 4.78 is 11.2. The van der Waals surface area contributed by atoms with Crippen LogP contribution in [0.25, 0.3) is 0 Å². The molecule has 0 N–H and O–H groups in total. The molecule has 0 amide bonds. The lowest BCUT2D eigenvalue weighted by molar-refractivity contribution is 0.596. The van der Waals surface area contributed by atoms with Crippen LogP contribution in [0.2, 0.25) is 0 Å². The second-order valence-corrected chi connectivity index (χ2v) is 4.38. The highest BCUT2D eigenvalue weighted by atomic mass is 32.2. The first-order valence-corrected chi connectivity index (χ1v) is 5.18. The molecular formula is C8H10OS2. The predicted octanol–water partition coefficient (Wildman–Crippen LogP) is 2.10. The molecule has 0 aliphatic carbocycles. The second kappa shape index (κ2) is 4.04. The normalized spacial score (nSPS) is 13.0. The lowest BCUT2D eigenvalue weighted by atomic mass is 10.4. The molecule has 0 aromatic heterocycles. The van der Waals surface area contributed by atoms with Crippen LogP contribution in [0, 0.1) is 0 Å². The summed E-state index contributed by atoms with van der Waals surface area (Å²) in [5.74, 6) is 0.673. The molecular weight excluding hydrogens is 176 g/mol. The number of rotatable bonds is 2. The maximum Gasteiger partial charge on any atom is 0.152 e. The van der Waals surface area contributed by atoms with Crippen molar-refractivity contribution in [3.8, 4) is 0 Å². The Morgan fingerprint density at radius 1 is 1.36 bits per heavy atom. The van der Waals surface area contributed by atoms with Gasteiger partial charge in [0.1, 0.15) is 5.75 Å². The molecule has 0 aliphatic rings.